The van der Waals surface area contributed by atoms with Gasteiger partial charge in [-0.3, -0.25) is 0 Å². The molecular formula is C22H24F3N5O. The Kier molecular flexibility index (Phi) is 6.13. The molecule has 0 atom stereocenters. The molecule has 2 aromatic heterocycles. The third kappa shape index (κ3) is 5.16. The second kappa shape index (κ2) is 8.97. The van der Waals surface area contributed by atoms with Crippen LogP contribution in [0.2, 0.25) is 0 Å². The second-order valence-corrected chi connectivity index (χ2v) is 7.77. The number of halogens is 3. The summed E-state index contributed by atoms with van der Waals surface area (Å²) in [5, 5.41) is 9.73. The smallest absolute Gasteiger partial charge is 0.344 e. The summed E-state index contributed by atoms with van der Waals surface area (Å²) in [6.45, 7) is 0.663. The number of carbonyl (C=O) groups excluding carboxylic acids is 1. The Morgan fingerprint density at radius 1 is 1.06 bits per heavy atom. The number of anilines is 2. The van der Waals surface area contributed by atoms with E-state index in [1.807, 2.05) is 6.07 Å². The lowest BCUT2D eigenvalue weighted by atomic mass is 9.95. The van der Waals surface area contributed by atoms with Crippen molar-refractivity contribution in [1.29, 1.82) is 0 Å². The Morgan fingerprint density at radius 3 is 2.52 bits per heavy atom. The second-order valence-electron chi connectivity index (χ2n) is 7.77. The SMILES string of the molecule is O=C(Nc1ccc(C(F)(F)F)cc1)Nc1c[nH]c2nccc(CNC3CCCCC3)c12. The monoisotopic (exact) mass is 431 g/mol. The Labute approximate surface area is 177 Å². The van der Waals surface area contributed by atoms with Crippen molar-refractivity contribution in [2.24, 2.45) is 0 Å². The molecule has 31 heavy (non-hydrogen) atoms. The molecule has 4 rings (SSSR count). The van der Waals surface area contributed by atoms with Crippen LogP contribution in [0, 0.1) is 0 Å². The average molecular weight is 431 g/mol. The number of alkyl halides is 3. The number of nitrogens with zero attached hydrogens (tertiary/aromatic N) is 1. The number of carbonyl (C=O) groups is 1. The summed E-state index contributed by atoms with van der Waals surface area (Å²) < 4.78 is 38.1. The van der Waals surface area contributed by atoms with Crippen molar-refractivity contribution in [3.63, 3.8) is 0 Å². The molecule has 2 heterocycles. The number of aromatic amines is 1. The lowest BCUT2D eigenvalue weighted by molar-refractivity contribution is -0.137. The Bertz CT molecular complexity index is 1040. The van der Waals surface area contributed by atoms with Gasteiger partial charge >= 0.3 is 12.2 Å². The minimum absolute atomic E-state index is 0.266. The van der Waals surface area contributed by atoms with Crippen LogP contribution in [0.15, 0.2) is 42.7 Å². The Morgan fingerprint density at radius 2 is 1.81 bits per heavy atom. The largest absolute Gasteiger partial charge is 0.416 e. The molecule has 1 aliphatic rings. The van der Waals surface area contributed by atoms with Crippen LogP contribution in [0.25, 0.3) is 11.0 Å². The van der Waals surface area contributed by atoms with Crippen molar-refractivity contribution in [1.82, 2.24) is 15.3 Å². The van der Waals surface area contributed by atoms with Crippen LogP contribution in [0.4, 0.5) is 29.3 Å². The van der Waals surface area contributed by atoms with Gasteiger partial charge in [0, 0.05) is 36.1 Å². The fourth-order valence-corrected chi connectivity index (χ4v) is 3.96. The fourth-order valence-electron chi connectivity index (χ4n) is 3.96. The van der Waals surface area contributed by atoms with Crippen LogP contribution < -0.4 is 16.0 Å². The van der Waals surface area contributed by atoms with E-state index in [1.54, 1.807) is 12.4 Å². The van der Waals surface area contributed by atoms with Crippen LogP contribution in [-0.4, -0.2) is 22.0 Å². The van der Waals surface area contributed by atoms with Gasteiger partial charge in [0.25, 0.3) is 0 Å². The molecule has 3 aromatic rings. The normalized spacial score (nSPS) is 15.2. The molecule has 9 heteroatoms. The number of fused-ring (bicyclic) bond motifs is 1. The van der Waals surface area contributed by atoms with Crippen LogP contribution in [-0.2, 0) is 12.7 Å². The van der Waals surface area contributed by atoms with E-state index in [-0.39, 0.29) is 5.69 Å². The molecule has 0 aliphatic heterocycles. The van der Waals surface area contributed by atoms with E-state index in [4.69, 9.17) is 0 Å². The Balaban J connectivity index is 1.44. The number of rotatable bonds is 5. The topological polar surface area (TPSA) is 81.8 Å². The number of H-pyrrole nitrogens is 1. The number of hydrogen-bond acceptors (Lipinski definition) is 3. The van der Waals surface area contributed by atoms with Crippen molar-refractivity contribution >= 4 is 28.4 Å². The summed E-state index contributed by atoms with van der Waals surface area (Å²) in [5.74, 6) is 0. The third-order valence-corrected chi connectivity index (χ3v) is 5.56. The predicted molar refractivity (Wildman–Crippen MR) is 114 cm³/mol. The van der Waals surface area contributed by atoms with Crippen molar-refractivity contribution < 1.29 is 18.0 Å². The van der Waals surface area contributed by atoms with Crippen LogP contribution in [0.1, 0.15) is 43.2 Å². The molecule has 1 aliphatic carbocycles. The number of benzene rings is 1. The summed E-state index contributed by atoms with van der Waals surface area (Å²) in [4.78, 5) is 19.8. The maximum Gasteiger partial charge on any atom is 0.416 e. The summed E-state index contributed by atoms with van der Waals surface area (Å²) in [6.07, 6.45) is 5.08. The van der Waals surface area contributed by atoms with Crippen LogP contribution in [0.3, 0.4) is 0 Å². The van der Waals surface area contributed by atoms with E-state index in [0.29, 0.717) is 23.9 Å². The van der Waals surface area contributed by atoms with Gasteiger partial charge in [0.1, 0.15) is 5.65 Å². The molecule has 6 nitrogen and oxygen atoms in total. The number of aromatic nitrogens is 2. The maximum atomic E-state index is 12.7. The minimum Gasteiger partial charge on any atom is -0.344 e. The number of pyridine rings is 1. The first-order valence-electron chi connectivity index (χ1n) is 10.3. The van der Waals surface area contributed by atoms with E-state index in [0.717, 1.165) is 23.1 Å². The van der Waals surface area contributed by atoms with Crippen LogP contribution in [0.5, 0.6) is 0 Å². The van der Waals surface area contributed by atoms with Crippen molar-refractivity contribution in [3.8, 4) is 0 Å². The highest BCUT2D eigenvalue weighted by Gasteiger charge is 2.30. The third-order valence-electron chi connectivity index (χ3n) is 5.56. The summed E-state index contributed by atoms with van der Waals surface area (Å²) in [5.41, 5.74) is 1.74. The molecular weight excluding hydrogens is 407 g/mol. The molecule has 0 saturated heterocycles. The highest BCUT2D eigenvalue weighted by Crippen LogP contribution is 2.30. The maximum absolute atomic E-state index is 12.7. The quantitative estimate of drug-likeness (QED) is 0.421. The molecule has 0 unspecified atom stereocenters. The van der Waals surface area contributed by atoms with Crippen LogP contribution >= 0.6 is 0 Å². The highest BCUT2D eigenvalue weighted by molar-refractivity contribution is 6.06. The van der Waals surface area contributed by atoms with Gasteiger partial charge in [0.15, 0.2) is 0 Å². The highest BCUT2D eigenvalue weighted by atomic mass is 19.4. The van der Waals surface area contributed by atoms with E-state index in [9.17, 15) is 18.0 Å². The van der Waals surface area contributed by atoms with E-state index < -0.39 is 17.8 Å². The van der Waals surface area contributed by atoms with Gasteiger partial charge < -0.3 is 20.9 Å². The van der Waals surface area contributed by atoms with Gasteiger partial charge in [-0.25, -0.2) is 9.78 Å². The van der Waals surface area contributed by atoms with E-state index >= 15 is 0 Å². The number of urea groups is 1. The van der Waals surface area contributed by atoms with Gasteiger partial charge in [-0.05, 0) is 48.7 Å². The summed E-state index contributed by atoms with van der Waals surface area (Å²) >= 11 is 0. The molecule has 1 aromatic carbocycles. The minimum atomic E-state index is -4.42. The lowest BCUT2D eigenvalue weighted by Crippen LogP contribution is -2.30. The van der Waals surface area contributed by atoms with Gasteiger partial charge in [0.05, 0.1) is 11.3 Å². The first kappa shape index (κ1) is 21.2. The lowest BCUT2D eigenvalue weighted by Gasteiger charge is -2.23. The average Bonchev–Trinajstić information content (AvgIpc) is 3.16. The summed E-state index contributed by atoms with van der Waals surface area (Å²) in [6, 6.07) is 6.18. The van der Waals surface area contributed by atoms with Gasteiger partial charge in [-0.1, -0.05) is 19.3 Å². The Hall–Kier alpha value is -3.07. The number of hydrogen-bond donors (Lipinski definition) is 4. The molecule has 164 valence electrons. The van der Waals surface area contributed by atoms with Gasteiger partial charge in [-0.2, -0.15) is 13.2 Å². The van der Waals surface area contributed by atoms with E-state index in [1.165, 1.54) is 44.2 Å². The number of amides is 2. The zero-order valence-electron chi connectivity index (χ0n) is 16.9. The molecule has 0 bridgehead atoms. The molecule has 1 fully saturated rings. The fraction of sp³-hybridized carbons (Fsp3) is 0.364. The van der Waals surface area contributed by atoms with Gasteiger partial charge in [-0.15, -0.1) is 0 Å². The molecule has 0 radical (unpaired) electrons. The van der Waals surface area contributed by atoms with Crippen molar-refractivity contribution in [3.05, 3.63) is 53.9 Å². The summed E-state index contributed by atoms with van der Waals surface area (Å²) in [7, 11) is 0. The zero-order valence-corrected chi connectivity index (χ0v) is 16.9. The van der Waals surface area contributed by atoms with Crippen molar-refractivity contribution in [2.45, 2.75) is 50.9 Å². The van der Waals surface area contributed by atoms with Crippen molar-refractivity contribution in [2.75, 3.05) is 10.6 Å². The van der Waals surface area contributed by atoms with E-state index in [2.05, 4.69) is 25.9 Å². The first-order valence-corrected chi connectivity index (χ1v) is 10.3. The standard InChI is InChI=1S/C22H24F3N5O/c23-22(24,25)15-6-8-17(9-7-15)29-21(31)30-18-13-28-20-19(18)14(10-11-26-20)12-27-16-4-2-1-3-5-16/h6-11,13,16,27H,1-5,12H2,(H,26,28)(H2,29,30,31). The first-order chi connectivity index (χ1) is 14.9. The molecule has 0 spiro atoms. The molecule has 4 N–H and O–H groups in total. The molecule has 2 amide bonds. The zero-order chi connectivity index (χ0) is 21.8. The number of nitrogens with one attached hydrogen (secondary N) is 4. The van der Waals surface area contributed by atoms with Gasteiger partial charge in [0.2, 0.25) is 0 Å². The predicted octanol–water partition coefficient (Wildman–Crippen LogP) is 5.65. The molecule has 1 saturated carbocycles.